The van der Waals surface area contributed by atoms with Crippen molar-refractivity contribution in [2.24, 2.45) is 4.99 Å². The first kappa shape index (κ1) is 21.4. The van der Waals surface area contributed by atoms with Gasteiger partial charge >= 0.3 is 0 Å². The van der Waals surface area contributed by atoms with E-state index in [0.717, 1.165) is 30.6 Å². The molecule has 0 amide bonds. The van der Waals surface area contributed by atoms with E-state index < -0.39 is 0 Å². The molecule has 6 heteroatoms. The summed E-state index contributed by atoms with van der Waals surface area (Å²) >= 11 is 1.82. The summed E-state index contributed by atoms with van der Waals surface area (Å²) in [6.45, 7) is 6.18. The number of ether oxygens (including phenoxy) is 1. The van der Waals surface area contributed by atoms with Crippen molar-refractivity contribution in [3.8, 4) is 5.75 Å². The molecule has 22 heavy (non-hydrogen) atoms. The number of nitrogens with zero attached hydrogens (tertiary/aromatic N) is 1. The summed E-state index contributed by atoms with van der Waals surface area (Å²) in [4.78, 5) is 4.25. The lowest BCUT2D eigenvalue weighted by atomic mass is 9.84. The molecule has 0 atom stereocenters. The molecule has 0 aliphatic rings. The molecule has 1 rings (SSSR count). The van der Waals surface area contributed by atoms with Crippen LogP contribution in [0.25, 0.3) is 0 Å². The Labute approximate surface area is 155 Å². The van der Waals surface area contributed by atoms with Gasteiger partial charge in [0.05, 0.1) is 7.11 Å². The smallest absolute Gasteiger partial charge is 0.191 e. The van der Waals surface area contributed by atoms with E-state index in [9.17, 15) is 0 Å². The van der Waals surface area contributed by atoms with Gasteiger partial charge in [0.15, 0.2) is 5.96 Å². The summed E-state index contributed by atoms with van der Waals surface area (Å²) in [6.07, 6.45) is 2.10. The molecule has 0 aromatic heterocycles. The quantitative estimate of drug-likeness (QED) is 0.298. The monoisotopic (exact) mass is 437 g/mol. The van der Waals surface area contributed by atoms with Crippen molar-refractivity contribution in [1.82, 2.24) is 10.6 Å². The van der Waals surface area contributed by atoms with Gasteiger partial charge in [0.2, 0.25) is 0 Å². The van der Waals surface area contributed by atoms with Crippen LogP contribution in [0.4, 0.5) is 0 Å². The number of hydrogen-bond acceptors (Lipinski definition) is 3. The maximum absolute atomic E-state index is 5.21. The second kappa shape index (κ2) is 11.0. The largest absolute Gasteiger partial charge is 0.497 e. The molecule has 1 aromatic rings. The van der Waals surface area contributed by atoms with Crippen LogP contribution in [-0.4, -0.2) is 45.2 Å². The summed E-state index contributed by atoms with van der Waals surface area (Å²) in [6, 6.07) is 8.24. The predicted molar refractivity (Wildman–Crippen MR) is 109 cm³/mol. The number of rotatable bonds is 7. The average Bonchev–Trinajstić information content (AvgIpc) is 2.50. The van der Waals surface area contributed by atoms with Gasteiger partial charge in [0.1, 0.15) is 5.75 Å². The van der Waals surface area contributed by atoms with Gasteiger partial charge in [-0.2, -0.15) is 11.8 Å². The number of aliphatic imine (C=N–C) groups is 1. The molecule has 0 bridgehead atoms. The SMILES string of the molecule is CN=C(NCCSC)NCC(C)(C)c1ccc(OC)cc1.I. The Morgan fingerprint density at radius 1 is 1.23 bits per heavy atom. The molecule has 0 saturated carbocycles. The van der Waals surface area contributed by atoms with Gasteiger partial charge in [-0.05, 0) is 24.0 Å². The highest BCUT2D eigenvalue weighted by atomic mass is 127. The van der Waals surface area contributed by atoms with E-state index in [-0.39, 0.29) is 29.4 Å². The molecular weight excluding hydrogens is 409 g/mol. The van der Waals surface area contributed by atoms with E-state index in [1.807, 2.05) is 23.9 Å². The summed E-state index contributed by atoms with van der Waals surface area (Å²) < 4.78 is 5.21. The lowest BCUT2D eigenvalue weighted by Crippen LogP contribution is -2.44. The molecule has 2 N–H and O–H groups in total. The average molecular weight is 437 g/mol. The number of benzene rings is 1. The third kappa shape index (κ3) is 7.09. The first-order chi connectivity index (χ1) is 10.0. The number of hydrogen-bond donors (Lipinski definition) is 2. The van der Waals surface area contributed by atoms with Crippen molar-refractivity contribution in [3.63, 3.8) is 0 Å². The molecule has 0 saturated heterocycles. The van der Waals surface area contributed by atoms with E-state index >= 15 is 0 Å². The van der Waals surface area contributed by atoms with Crippen LogP contribution in [0.2, 0.25) is 0 Å². The number of thioether (sulfide) groups is 1. The van der Waals surface area contributed by atoms with Crippen molar-refractivity contribution >= 4 is 41.7 Å². The van der Waals surface area contributed by atoms with Crippen LogP contribution >= 0.6 is 35.7 Å². The van der Waals surface area contributed by atoms with Crippen LogP contribution in [0.5, 0.6) is 5.75 Å². The van der Waals surface area contributed by atoms with Crippen LogP contribution < -0.4 is 15.4 Å². The molecule has 0 aliphatic carbocycles. The Kier molecular flexibility index (Phi) is 10.7. The maximum Gasteiger partial charge on any atom is 0.191 e. The number of nitrogens with one attached hydrogen (secondary N) is 2. The maximum atomic E-state index is 5.21. The van der Waals surface area contributed by atoms with E-state index in [4.69, 9.17) is 4.74 Å². The van der Waals surface area contributed by atoms with Crippen molar-refractivity contribution < 1.29 is 4.74 Å². The topological polar surface area (TPSA) is 45.7 Å². The van der Waals surface area contributed by atoms with Crippen molar-refractivity contribution in [1.29, 1.82) is 0 Å². The van der Waals surface area contributed by atoms with Gasteiger partial charge in [0, 0.05) is 31.3 Å². The van der Waals surface area contributed by atoms with Crippen LogP contribution in [0.1, 0.15) is 19.4 Å². The normalized spacial score (nSPS) is 11.6. The fourth-order valence-electron chi connectivity index (χ4n) is 1.94. The Bertz CT molecular complexity index is 449. The summed E-state index contributed by atoms with van der Waals surface area (Å²) in [5, 5.41) is 6.70. The molecule has 0 aliphatic heterocycles. The predicted octanol–water partition coefficient (Wildman–Crippen LogP) is 3.12. The molecule has 0 spiro atoms. The lowest BCUT2D eigenvalue weighted by molar-refractivity contribution is 0.414. The van der Waals surface area contributed by atoms with E-state index in [2.05, 4.69) is 47.9 Å². The van der Waals surface area contributed by atoms with Gasteiger partial charge in [-0.1, -0.05) is 26.0 Å². The Hall–Kier alpha value is -0.630. The van der Waals surface area contributed by atoms with Crippen LogP contribution in [0.3, 0.4) is 0 Å². The highest BCUT2D eigenvalue weighted by Crippen LogP contribution is 2.24. The zero-order valence-electron chi connectivity index (χ0n) is 14.1. The first-order valence-corrected chi connectivity index (χ1v) is 8.51. The Balaban J connectivity index is 0.00000441. The molecule has 0 unspecified atom stereocenters. The third-order valence-electron chi connectivity index (χ3n) is 3.39. The number of halogens is 1. The standard InChI is InChI=1S/C16H27N3OS.HI/c1-16(2,13-6-8-14(20-4)9-7-13)12-19-15(17-3)18-10-11-21-5;/h6-9H,10-12H2,1-5H3,(H2,17,18,19);1H. The molecule has 1 aromatic carbocycles. The number of methoxy groups -OCH3 is 1. The third-order valence-corrected chi connectivity index (χ3v) is 4.00. The van der Waals surface area contributed by atoms with Crippen LogP contribution in [0, 0.1) is 0 Å². The molecular formula is C16H28IN3OS. The van der Waals surface area contributed by atoms with Crippen molar-refractivity contribution in [2.75, 3.05) is 39.3 Å². The molecule has 126 valence electrons. The summed E-state index contributed by atoms with van der Waals surface area (Å²) in [5.74, 6) is 2.81. The second-order valence-electron chi connectivity index (χ2n) is 5.46. The highest BCUT2D eigenvalue weighted by molar-refractivity contribution is 14.0. The van der Waals surface area contributed by atoms with Gasteiger partial charge in [-0.25, -0.2) is 0 Å². The fourth-order valence-corrected chi connectivity index (χ4v) is 2.25. The van der Waals surface area contributed by atoms with Crippen LogP contribution in [-0.2, 0) is 5.41 Å². The minimum atomic E-state index is 0. The summed E-state index contributed by atoms with van der Waals surface area (Å²) in [5.41, 5.74) is 1.29. The lowest BCUT2D eigenvalue weighted by Gasteiger charge is -2.27. The summed E-state index contributed by atoms with van der Waals surface area (Å²) in [7, 11) is 3.49. The van der Waals surface area contributed by atoms with Gasteiger partial charge in [-0.3, -0.25) is 4.99 Å². The van der Waals surface area contributed by atoms with E-state index in [1.54, 1.807) is 14.2 Å². The van der Waals surface area contributed by atoms with E-state index in [1.165, 1.54) is 5.56 Å². The fraction of sp³-hybridized carbons (Fsp3) is 0.562. The highest BCUT2D eigenvalue weighted by Gasteiger charge is 2.20. The number of guanidine groups is 1. The van der Waals surface area contributed by atoms with E-state index in [0.29, 0.717) is 0 Å². The molecule has 0 heterocycles. The Morgan fingerprint density at radius 2 is 1.86 bits per heavy atom. The molecule has 0 fully saturated rings. The van der Waals surface area contributed by atoms with Crippen molar-refractivity contribution in [2.45, 2.75) is 19.3 Å². The minimum Gasteiger partial charge on any atom is -0.497 e. The van der Waals surface area contributed by atoms with Gasteiger partial charge < -0.3 is 15.4 Å². The van der Waals surface area contributed by atoms with Gasteiger partial charge in [-0.15, -0.1) is 24.0 Å². The zero-order valence-corrected chi connectivity index (χ0v) is 17.2. The van der Waals surface area contributed by atoms with Gasteiger partial charge in [0.25, 0.3) is 0 Å². The Morgan fingerprint density at radius 3 is 2.36 bits per heavy atom. The van der Waals surface area contributed by atoms with Crippen molar-refractivity contribution in [3.05, 3.63) is 29.8 Å². The molecule has 0 radical (unpaired) electrons. The minimum absolute atomic E-state index is 0. The first-order valence-electron chi connectivity index (χ1n) is 7.11. The second-order valence-corrected chi connectivity index (χ2v) is 6.44. The zero-order chi connectivity index (χ0) is 15.7. The molecule has 4 nitrogen and oxygen atoms in total. The van der Waals surface area contributed by atoms with Crippen LogP contribution in [0.15, 0.2) is 29.3 Å².